The van der Waals surface area contributed by atoms with Crippen LogP contribution in [0.25, 0.3) is 33.4 Å². The van der Waals surface area contributed by atoms with E-state index in [1.807, 2.05) is 6.92 Å². The van der Waals surface area contributed by atoms with Crippen LogP contribution >= 0.6 is 0 Å². The number of aromatic carboxylic acids is 2. The number of fused-ring (bicyclic) bond motifs is 2. The molecule has 18 nitrogen and oxygen atoms in total. The molecule has 0 amide bonds. The maximum atomic E-state index is 14.1. The molecule has 0 radical (unpaired) electrons. The van der Waals surface area contributed by atoms with Gasteiger partial charge in [-0.05, 0) is 167 Å². The number of benzene rings is 7. The molecule has 21 heteroatoms. The zero-order valence-corrected chi connectivity index (χ0v) is 45.1. The predicted octanol–water partition coefficient (Wildman–Crippen LogP) is 10.9. The summed E-state index contributed by atoms with van der Waals surface area (Å²) in [6, 6.07) is 21.7. The normalized spacial score (nSPS) is 12.3. The number of aromatic hydroxyl groups is 2. The van der Waals surface area contributed by atoms with Crippen LogP contribution in [0.3, 0.4) is 0 Å². The van der Waals surface area contributed by atoms with Gasteiger partial charge in [0.2, 0.25) is 0 Å². The number of carboxylic acid groups (broad SMARTS) is 2. The third-order valence-electron chi connectivity index (χ3n) is 13.4. The quantitative estimate of drug-likeness (QED) is 0.0393. The van der Waals surface area contributed by atoms with Gasteiger partial charge in [0.05, 0.1) is 32.2 Å². The van der Waals surface area contributed by atoms with Crippen LogP contribution in [0.1, 0.15) is 76.4 Å². The van der Waals surface area contributed by atoms with Crippen LogP contribution in [0.2, 0.25) is 0 Å². The van der Waals surface area contributed by atoms with Crippen molar-refractivity contribution in [2.24, 2.45) is 4.99 Å². The average Bonchev–Trinajstić information content (AvgIpc) is 3.30. The lowest BCUT2D eigenvalue weighted by Gasteiger charge is -2.22. The Balaban J connectivity index is 1.26. The van der Waals surface area contributed by atoms with Crippen LogP contribution in [0, 0.1) is 69.2 Å². The molecule has 0 fully saturated rings. The zero-order valence-electron chi connectivity index (χ0n) is 42.7. The molecule has 8 rings (SSSR count). The lowest BCUT2D eigenvalue weighted by Crippen LogP contribution is -2.19. The molecule has 8 N–H and O–H groups in total. The number of sulfonamides is 2. The van der Waals surface area contributed by atoms with Gasteiger partial charge in [-0.2, -0.15) is 8.42 Å². The van der Waals surface area contributed by atoms with Gasteiger partial charge in [-0.15, -0.1) is 0 Å². The molecule has 6 aromatic rings. The fraction of sp³-hybridized carbons (Fsp3) is 0.182. The molecular weight excluding hydrogens is 1040 g/mol. The van der Waals surface area contributed by atoms with E-state index in [2.05, 4.69) is 14.8 Å². The van der Waals surface area contributed by atoms with Crippen molar-refractivity contribution in [3.8, 4) is 33.9 Å². The average molecular weight is 1090 g/mol. The molecule has 394 valence electrons. The third kappa shape index (κ3) is 9.68. The van der Waals surface area contributed by atoms with Crippen molar-refractivity contribution in [2.45, 2.75) is 83.9 Å². The first-order chi connectivity index (χ1) is 35.4. The SMILES string of the molecule is Cc1cc(C)c(NS(=O)(=O)c2c(C)cc(O)c(C(=O)O)c2C)c(C)c1/N=c1/ccc2c(-c3ccccc3S(=O)(=O)O)c3ccc(Nc4c(C)cc(C)c(NS(=O)(=O)c5c(C)cc(O)c(C(=O)O)c5C)c4C)cc3oc-2c1. The van der Waals surface area contributed by atoms with E-state index in [-0.39, 0.29) is 65.2 Å². The van der Waals surface area contributed by atoms with Crippen LogP contribution in [-0.4, -0.2) is 62.2 Å². The van der Waals surface area contributed by atoms with Crippen molar-refractivity contribution in [1.82, 2.24) is 0 Å². The highest BCUT2D eigenvalue weighted by atomic mass is 32.2. The summed E-state index contributed by atoms with van der Waals surface area (Å²) in [4.78, 5) is 28.0. The molecule has 6 aromatic carbocycles. The van der Waals surface area contributed by atoms with E-state index in [1.165, 1.54) is 39.8 Å². The summed E-state index contributed by atoms with van der Waals surface area (Å²) in [7, 11) is -13.7. The Kier molecular flexibility index (Phi) is 13.8. The van der Waals surface area contributed by atoms with Gasteiger partial charge >= 0.3 is 11.9 Å². The minimum atomic E-state index is -4.77. The monoisotopic (exact) mass is 1090 g/mol. The first-order valence-corrected chi connectivity index (χ1v) is 27.6. The van der Waals surface area contributed by atoms with Crippen molar-refractivity contribution in [3.05, 3.63) is 157 Å². The van der Waals surface area contributed by atoms with Gasteiger partial charge in [-0.3, -0.25) is 14.0 Å². The van der Waals surface area contributed by atoms with Crippen LogP contribution in [0.15, 0.2) is 109 Å². The number of carboxylic acids is 2. The molecule has 1 aliphatic heterocycles. The molecule has 76 heavy (non-hydrogen) atoms. The van der Waals surface area contributed by atoms with E-state index in [4.69, 9.17) is 9.41 Å². The maximum Gasteiger partial charge on any atom is 0.339 e. The Morgan fingerprint density at radius 1 is 0.539 bits per heavy atom. The molecular formula is C55H52N4O14S3. The first-order valence-electron chi connectivity index (χ1n) is 23.2. The van der Waals surface area contributed by atoms with E-state index < -0.39 is 64.7 Å². The van der Waals surface area contributed by atoms with Gasteiger partial charge in [0.15, 0.2) is 0 Å². The molecule has 0 spiro atoms. The summed E-state index contributed by atoms with van der Waals surface area (Å²) in [5, 5.41) is 44.4. The van der Waals surface area contributed by atoms with E-state index in [1.54, 1.807) is 95.3 Å². The predicted molar refractivity (Wildman–Crippen MR) is 289 cm³/mol. The lowest BCUT2D eigenvalue weighted by atomic mass is 9.93. The van der Waals surface area contributed by atoms with Crippen molar-refractivity contribution in [3.63, 3.8) is 0 Å². The first kappa shape index (κ1) is 54.0. The summed E-state index contributed by atoms with van der Waals surface area (Å²) < 4.78 is 105. The van der Waals surface area contributed by atoms with Crippen molar-refractivity contribution in [1.29, 1.82) is 0 Å². The van der Waals surface area contributed by atoms with Crippen LogP contribution in [0.4, 0.5) is 28.4 Å². The Labute approximate surface area is 438 Å². The summed E-state index contributed by atoms with van der Waals surface area (Å²) in [6.45, 7) is 15.9. The number of anilines is 4. The minimum Gasteiger partial charge on any atom is -0.507 e. The van der Waals surface area contributed by atoms with E-state index in [0.717, 1.165) is 17.7 Å². The molecule has 2 aliphatic rings. The van der Waals surface area contributed by atoms with Gasteiger partial charge in [0.1, 0.15) is 38.9 Å². The van der Waals surface area contributed by atoms with E-state index in [9.17, 15) is 59.8 Å². The highest BCUT2D eigenvalue weighted by molar-refractivity contribution is 7.93. The molecule has 1 aliphatic carbocycles. The van der Waals surface area contributed by atoms with Gasteiger partial charge in [0.25, 0.3) is 30.2 Å². The zero-order chi connectivity index (χ0) is 55.8. The second-order valence-corrected chi connectivity index (χ2v) is 23.4. The number of aryl methyl sites for hydroxylation is 6. The molecule has 1 heterocycles. The fourth-order valence-electron chi connectivity index (χ4n) is 10.2. The smallest absolute Gasteiger partial charge is 0.339 e. The van der Waals surface area contributed by atoms with E-state index in [0.29, 0.717) is 66.7 Å². The Hall–Kier alpha value is -8.24. The summed E-state index contributed by atoms with van der Waals surface area (Å²) in [5.74, 6) is -3.90. The highest BCUT2D eigenvalue weighted by Gasteiger charge is 2.31. The number of phenols is 2. The molecule has 0 saturated heterocycles. The van der Waals surface area contributed by atoms with Crippen LogP contribution in [0.5, 0.6) is 11.5 Å². The highest BCUT2D eigenvalue weighted by Crippen LogP contribution is 2.45. The minimum absolute atomic E-state index is 0.127. The second-order valence-electron chi connectivity index (χ2n) is 18.7. The molecule has 0 bridgehead atoms. The maximum absolute atomic E-state index is 14.1. The molecule has 0 atom stereocenters. The fourth-order valence-corrected chi connectivity index (χ4v) is 14.2. The van der Waals surface area contributed by atoms with Crippen molar-refractivity contribution in [2.75, 3.05) is 14.8 Å². The van der Waals surface area contributed by atoms with Gasteiger partial charge in [-0.25, -0.2) is 31.4 Å². The van der Waals surface area contributed by atoms with Crippen molar-refractivity contribution < 1.29 is 64.2 Å². The van der Waals surface area contributed by atoms with Crippen molar-refractivity contribution >= 4 is 81.5 Å². The Morgan fingerprint density at radius 3 is 1.59 bits per heavy atom. The van der Waals surface area contributed by atoms with Gasteiger partial charge in [0, 0.05) is 45.6 Å². The summed E-state index contributed by atoms with van der Waals surface area (Å²) >= 11 is 0. The number of rotatable bonds is 13. The van der Waals surface area contributed by atoms with Gasteiger partial charge < -0.3 is 30.2 Å². The largest absolute Gasteiger partial charge is 0.507 e. The summed E-state index contributed by atoms with van der Waals surface area (Å²) in [5.41, 5.74) is 5.30. The molecule has 0 saturated carbocycles. The topological polar surface area (TPSA) is 299 Å². The number of nitrogens with one attached hydrogen (secondary N) is 3. The Morgan fingerprint density at radius 2 is 1.05 bits per heavy atom. The molecule has 0 aromatic heterocycles. The number of hydrogen-bond donors (Lipinski definition) is 8. The lowest BCUT2D eigenvalue weighted by molar-refractivity contribution is 0.0681. The Bertz CT molecular complexity index is 4240. The number of nitrogens with zero attached hydrogens (tertiary/aromatic N) is 1. The standard InChI is InChI=1S/C55H52N4O14S3/c1-25-19-27(3)50(58-74(66,67)52-29(5)21-40(60)45(31(52)7)54(62)63)33(9)48(25)56-35-15-17-37-42(23-35)73-43-24-36(16-18-38(43)47(37)39-13-11-12-14-44(39)76(70,71)72)57-49-26(2)20-28(4)51(34(49)10)59-75(68,69)53-30(6)22-41(61)46(32(53)8)55(64)65/h11-24,56,58-61H,1-10H3,(H,62,63)(H,64,65)(H,70,71,72)/b57-36-. The van der Waals surface area contributed by atoms with E-state index >= 15 is 0 Å². The summed E-state index contributed by atoms with van der Waals surface area (Å²) in [6.07, 6.45) is 0. The van der Waals surface area contributed by atoms with Gasteiger partial charge in [-0.1, -0.05) is 30.3 Å². The molecule has 0 unspecified atom stereocenters. The van der Waals surface area contributed by atoms with Crippen LogP contribution < -0.4 is 20.1 Å². The number of carbonyl (C=O) groups is 2. The third-order valence-corrected chi connectivity index (χ3v) is 17.5. The number of hydrogen-bond acceptors (Lipinski definition) is 13. The second kappa shape index (κ2) is 19.5. The van der Waals surface area contributed by atoms with Crippen LogP contribution in [-0.2, 0) is 30.2 Å².